The summed E-state index contributed by atoms with van der Waals surface area (Å²) in [4.78, 5) is 10.4. The molecule has 0 spiro atoms. The van der Waals surface area contributed by atoms with Crippen molar-refractivity contribution >= 4 is 17.7 Å². The second kappa shape index (κ2) is 4.42. The molecule has 0 aromatic rings. The van der Waals surface area contributed by atoms with Gasteiger partial charge in [-0.15, -0.1) is 0 Å². The van der Waals surface area contributed by atoms with E-state index in [4.69, 9.17) is 5.11 Å². The van der Waals surface area contributed by atoms with Gasteiger partial charge in [0.2, 0.25) is 0 Å². The van der Waals surface area contributed by atoms with Gasteiger partial charge in [0.05, 0.1) is 0 Å². The average Bonchev–Trinajstić information content (AvgIpc) is 2.48. The summed E-state index contributed by atoms with van der Waals surface area (Å²) in [5.74, 6) is -3.11. The van der Waals surface area contributed by atoms with E-state index in [1.807, 2.05) is 0 Å². The Bertz CT molecular complexity index is 211. The number of carboxylic acid groups (broad SMARTS) is 1. The Kier molecular flexibility index (Phi) is 3.69. The second-order valence-corrected chi connectivity index (χ2v) is 4.71. The van der Waals surface area contributed by atoms with Crippen LogP contribution >= 0.6 is 11.8 Å². The lowest BCUT2D eigenvalue weighted by Crippen LogP contribution is -2.32. The van der Waals surface area contributed by atoms with Crippen LogP contribution in [0.25, 0.3) is 0 Å². The summed E-state index contributed by atoms with van der Waals surface area (Å²) in [6.45, 7) is 0. The largest absolute Gasteiger partial charge is 0.481 e. The van der Waals surface area contributed by atoms with E-state index in [1.165, 1.54) is 11.8 Å². The molecule has 0 aromatic carbocycles. The van der Waals surface area contributed by atoms with Gasteiger partial charge in [0, 0.05) is 5.25 Å². The van der Waals surface area contributed by atoms with E-state index in [0.717, 1.165) is 12.2 Å². The van der Waals surface area contributed by atoms with Crippen molar-refractivity contribution in [3.63, 3.8) is 0 Å². The van der Waals surface area contributed by atoms with Crippen LogP contribution < -0.4 is 0 Å². The number of carboxylic acids is 1. The van der Waals surface area contributed by atoms with Crippen LogP contribution in [0.4, 0.5) is 13.2 Å². The summed E-state index contributed by atoms with van der Waals surface area (Å²) in [5, 5.41) is 8.30. The van der Waals surface area contributed by atoms with Crippen molar-refractivity contribution in [1.82, 2.24) is 0 Å². The molecule has 2 nitrogen and oxygen atoms in total. The Labute approximate surface area is 83.9 Å². The second-order valence-electron chi connectivity index (χ2n) is 3.30. The van der Waals surface area contributed by atoms with Crippen molar-refractivity contribution < 1.29 is 23.1 Å². The number of hydrogen-bond acceptors (Lipinski definition) is 2. The summed E-state index contributed by atoms with van der Waals surface area (Å²) < 4.78 is 36.7. The van der Waals surface area contributed by atoms with E-state index in [9.17, 15) is 18.0 Å². The molecule has 14 heavy (non-hydrogen) atoms. The quantitative estimate of drug-likeness (QED) is 0.806. The van der Waals surface area contributed by atoms with Gasteiger partial charge in [0.15, 0.2) is 5.92 Å². The Balaban J connectivity index is 2.55. The van der Waals surface area contributed by atoms with Gasteiger partial charge in [-0.1, -0.05) is 0 Å². The number of aliphatic carboxylic acids is 1. The average molecular weight is 228 g/mol. The van der Waals surface area contributed by atoms with Gasteiger partial charge in [-0.05, 0) is 25.0 Å². The molecule has 1 rings (SSSR count). The number of carbonyl (C=O) groups is 1. The van der Waals surface area contributed by atoms with Crippen LogP contribution in [-0.4, -0.2) is 28.3 Å². The maximum atomic E-state index is 12.2. The molecule has 0 bridgehead atoms. The molecule has 0 aliphatic carbocycles. The molecule has 0 radical (unpaired) electrons. The predicted molar refractivity (Wildman–Crippen MR) is 47.3 cm³/mol. The van der Waals surface area contributed by atoms with E-state index >= 15 is 0 Å². The Morgan fingerprint density at radius 3 is 2.57 bits per heavy atom. The van der Waals surface area contributed by atoms with Gasteiger partial charge in [0.25, 0.3) is 0 Å². The number of hydrogen-bond donors (Lipinski definition) is 1. The zero-order chi connectivity index (χ0) is 10.8. The van der Waals surface area contributed by atoms with Crippen LogP contribution in [0.2, 0.25) is 0 Å². The highest BCUT2D eigenvalue weighted by atomic mass is 32.2. The number of halogens is 3. The summed E-state index contributed by atoms with van der Waals surface area (Å²) >= 11 is 1.44. The first-order valence-electron chi connectivity index (χ1n) is 4.32. The van der Waals surface area contributed by atoms with Crippen molar-refractivity contribution in [3.8, 4) is 0 Å². The molecule has 0 amide bonds. The van der Waals surface area contributed by atoms with Crippen molar-refractivity contribution in [2.75, 3.05) is 5.75 Å². The van der Waals surface area contributed by atoms with E-state index in [2.05, 4.69) is 0 Å². The third kappa shape index (κ3) is 3.08. The molecule has 0 unspecified atom stereocenters. The van der Waals surface area contributed by atoms with Gasteiger partial charge < -0.3 is 5.11 Å². The van der Waals surface area contributed by atoms with Gasteiger partial charge in [0.1, 0.15) is 0 Å². The van der Waals surface area contributed by atoms with Gasteiger partial charge >= 0.3 is 12.1 Å². The summed E-state index contributed by atoms with van der Waals surface area (Å²) in [6.07, 6.45) is -3.32. The normalized spacial score (nSPS) is 24.9. The maximum Gasteiger partial charge on any atom is 0.402 e. The van der Waals surface area contributed by atoms with Crippen molar-refractivity contribution in [1.29, 1.82) is 0 Å². The van der Waals surface area contributed by atoms with Crippen LogP contribution in [0, 0.1) is 5.92 Å². The summed E-state index contributed by atoms with van der Waals surface area (Å²) in [5.41, 5.74) is 0. The SMILES string of the molecule is O=C(O)[C@@H](C[C@H]1CCCS1)C(F)(F)F. The van der Waals surface area contributed by atoms with Crippen molar-refractivity contribution in [2.24, 2.45) is 5.92 Å². The molecule has 1 heterocycles. The minimum Gasteiger partial charge on any atom is -0.481 e. The van der Waals surface area contributed by atoms with E-state index in [-0.39, 0.29) is 11.7 Å². The Morgan fingerprint density at radius 1 is 1.57 bits per heavy atom. The highest BCUT2D eigenvalue weighted by molar-refractivity contribution is 8.00. The predicted octanol–water partition coefficient (Wildman–Crippen LogP) is 2.54. The molecule has 82 valence electrons. The molecule has 0 saturated carbocycles. The third-order valence-electron chi connectivity index (χ3n) is 2.22. The molecule has 1 saturated heterocycles. The van der Waals surface area contributed by atoms with Crippen LogP contribution in [-0.2, 0) is 4.79 Å². The highest BCUT2D eigenvalue weighted by Gasteiger charge is 2.46. The zero-order valence-electron chi connectivity index (χ0n) is 7.38. The first-order valence-corrected chi connectivity index (χ1v) is 5.37. The fraction of sp³-hybridized carbons (Fsp3) is 0.875. The molecule has 1 N–H and O–H groups in total. The zero-order valence-corrected chi connectivity index (χ0v) is 8.20. The van der Waals surface area contributed by atoms with Crippen LogP contribution in [0.5, 0.6) is 0 Å². The fourth-order valence-electron chi connectivity index (χ4n) is 1.47. The Hall–Kier alpha value is -0.390. The highest BCUT2D eigenvalue weighted by Crippen LogP contribution is 2.37. The van der Waals surface area contributed by atoms with Crippen molar-refractivity contribution in [2.45, 2.75) is 30.7 Å². The van der Waals surface area contributed by atoms with Gasteiger partial charge in [-0.3, -0.25) is 4.79 Å². The lowest BCUT2D eigenvalue weighted by atomic mass is 10.0. The topological polar surface area (TPSA) is 37.3 Å². The molecular weight excluding hydrogens is 217 g/mol. The lowest BCUT2D eigenvalue weighted by Gasteiger charge is -2.18. The van der Waals surface area contributed by atoms with Gasteiger partial charge in [-0.25, -0.2) is 0 Å². The molecular formula is C8H11F3O2S. The van der Waals surface area contributed by atoms with Crippen LogP contribution in [0.1, 0.15) is 19.3 Å². The van der Waals surface area contributed by atoms with E-state index < -0.39 is 18.1 Å². The monoisotopic (exact) mass is 228 g/mol. The minimum atomic E-state index is -4.62. The first-order chi connectivity index (χ1) is 6.41. The molecule has 6 heteroatoms. The lowest BCUT2D eigenvalue weighted by molar-refractivity contribution is -0.194. The number of rotatable bonds is 3. The number of thioether (sulfide) groups is 1. The summed E-state index contributed by atoms with van der Waals surface area (Å²) in [6, 6.07) is 0. The summed E-state index contributed by atoms with van der Waals surface area (Å²) in [7, 11) is 0. The number of alkyl halides is 3. The van der Waals surface area contributed by atoms with Crippen LogP contribution in [0.3, 0.4) is 0 Å². The molecule has 2 atom stereocenters. The molecule has 1 aliphatic rings. The van der Waals surface area contributed by atoms with E-state index in [0.29, 0.717) is 6.42 Å². The fourth-order valence-corrected chi connectivity index (χ4v) is 2.80. The van der Waals surface area contributed by atoms with Crippen LogP contribution in [0.15, 0.2) is 0 Å². The minimum absolute atomic E-state index is 0.141. The third-order valence-corrected chi connectivity index (χ3v) is 3.64. The molecule has 0 aromatic heterocycles. The maximum absolute atomic E-state index is 12.2. The standard InChI is InChI=1S/C8H11F3O2S/c9-8(10,11)6(7(12)13)4-5-2-1-3-14-5/h5-6H,1-4H2,(H,12,13)/t5-,6-/m1/s1. The smallest absolute Gasteiger partial charge is 0.402 e. The van der Waals surface area contributed by atoms with Crippen molar-refractivity contribution in [3.05, 3.63) is 0 Å². The Morgan fingerprint density at radius 2 is 2.21 bits per heavy atom. The van der Waals surface area contributed by atoms with E-state index in [1.54, 1.807) is 0 Å². The molecule has 1 aliphatic heterocycles. The molecule has 1 fully saturated rings. The van der Waals surface area contributed by atoms with Gasteiger partial charge in [-0.2, -0.15) is 24.9 Å². The first kappa shape index (κ1) is 11.7.